The Hall–Kier alpha value is -2.36. The number of hydrogen-bond donors (Lipinski definition) is 2. The molecule has 0 atom stereocenters. The van der Waals surface area contributed by atoms with Gasteiger partial charge in [0.25, 0.3) is 0 Å². The van der Waals surface area contributed by atoms with Crippen molar-refractivity contribution >= 4 is 17.1 Å². The van der Waals surface area contributed by atoms with E-state index < -0.39 is 0 Å². The van der Waals surface area contributed by atoms with Gasteiger partial charge in [0.05, 0.1) is 17.1 Å². The molecule has 4 heteroatoms. The molecule has 0 aliphatic heterocycles. The first-order valence-electron chi connectivity index (χ1n) is 5.27. The van der Waals surface area contributed by atoms with Crippen molar-refractivity contribution in [1.82, 2.24) is 0 Å². The van der Waals surface area contributed by atoms with Gasteiger partial charge in [0.1, 0.15) is 5.75 Å². The van der Waals surface area contributed by atoms with E-state index in [1.165, 1.54) is 0 Å². The second kappa shape index (κ2) is 5.12. The van der Waals surface area contributed by atoms with E-state index in [9.17, 15) is 5.11 Å². The Labute approximate surface area is 99.6 Å². The fraction of sp³-hybridized carbons (Fsp3) is 0.0769. The number of hydrogen-bond acceptors (Lipinski definition) is 4. The van der Waals surface area contributed by atoms with E-state index in [2.05, 4.69) is 15.5 Å². The molecule has 0 unspecified atom stereocenters. The molecule has 86 valence electrons. The maximum absolute atomic E-state index is 9.62. The van der Waals surface area contributed by atoms with Crippen LogP contribution >= 0.6 is 0 Å². The summed E-state index contributed by atoms with van der Waals surface area (Å²) >= 11 is 0. The van der Waals surface area contributed by atoms with Gasteiger partial charge in [-0.1, -0.05) is 18.2 Å². The number of phenolic OH excluding ortho intramolecular Hbond substituents is 1. The summed E-state index contributed by atoms with van der Waals surface area (Å²) in [5, 5.41) is 20.6. The molecule has 0 aromatic heterocycles. The van der Waals surface area contributed by atoms with Crippen LogP contribution in [-0.2, 0) is 0 Å². The van der Waals surface area contributed by atoms with Crippen LogP contribution in [0.15, 0.2) is 58.8 Å². The van der Waals surface area contributed by atoms with Crippen molar-refractivity contribution in [1.29, 1.82) is 0 Å². The zero-order chi connectivity index (χ0) is 12.1. The predicted molar refractivity (Wildman–Crippen MR) is 68.3 cm³/mol. The van der Waals surface area contributed by atoms with Gasteiger partial charge in [-0.2, -0.15) is 10.2 Å². The first kappa shape index (κ1) is 11.1. The molecule has 0 fully saturated rings. The average molecular weight is 227 g/mol. The predicted octanol–water partition coefficient (Wildman–Crippen LogP) is 3.85. The molecule has 2 aromatic rings. The lowest BCUT2D eigenvalue weighted by Gasteiger charge is -2.02. The van der Waals surface area contributed by atoms with Gasteiger partial charge in [0.15, 0.2) is 0 Å². The highest BCUT2D eigenvalue weighted by atomic mass is 16.3. The highest BCUT2D eigenvalue weighted by Crippen LogP contribution is 2.28. The molecule has 0 amide bonds. The van der Waals surface area contributed by atoms with E-state index in [0.717, 1.165) is 5.69 Å². The van der Waals surface area contributed by atoms with E-state index in [0.29, 0.717) is 11.4 Å². The molecule has 0 spiro atoms. The molecule has 0 saturated carbocycles. The third-order valence-corrected chi connectivity index (χ3v) is 2.29. The third-order valence-electron chi connectivity index (χ3n) is 2.29. The second-order valence-electron chi connectivity index (χ2n) is 3.49. The van der Waals surface area contributed by atoms with Crippen molar-refractivity contribution in [3.8, 4) is 5.75 Å². The Balaban J connectivity index is 2.19. The van der Waals surface area contributed by atoms with Crippen LogP contribution < -0.4 is 5.32 Å². The summed E-state index contributed by atoms with van der Waals surface area (Å²) in [6.45, 7) is 0. The number of aromatic hydroxyl groups is 1. The minimum Gasteiger partial charge on any atom is -0.506 e. The van der Waals surface area contributed by atoms with E-state index in [1.807, 2.05) is 30.3 Å². The SMILES string of the molecule is CNc1ccc(N=Nc2ccccc2)cc1O. The lowest BCUT2D eigenvalue weighted by Crippen LogP contribution is -1.86. The lowest BCUT2D eigenvalue weighted by atomic mass is 10.2. The van der Waals surface area contributed by atoms with Crippen LogP contribution in [0.4, 0.5) is 17.1 Å². The minimum absolute atomic E-state index is 0.164. The molecule has 2 N–H and O–H groups in total. The van der Waals surface area contributed by atoms with Gasteiger partial charge in [0, 0.05) is 13.1 Å². The van der Waals surface area contributed by atoms with Crippen LogP contribution in [-0.4, -0.2) is 12.2 Å². The first-order chi connectivity index (χ1) is 8.29. The second-order valence-corrected chi connectivity index (χ2v) is 3.49. The monoisotopic (exact) mass is 227 g/mol. The van der Waals surface area contributed by atoms with Crippen molar-refractivity contribution < 1.29 is 5.11 Å². The molecule has 2 rings (SSSR count). The summed E-state index contributed by atoms with van der Waals surface area (Å²) in [6, 6.07) is 14.6. The summed E-state index contributed by atoms with van der Waals surface area (Å²) in [6.07, 6.45) is 0. The normalized spacial score (nSPS) is 10.6. The standard InChI is InChI=1S/C13H13N3O/c1-14-12-8-7-11(9-13(12)17)16-15-10-5-3-2-4-6-10/h2-9,14,17H,1H3. The number of azo groups is 1. The highest BCUT2D eigenvalue weighted by Gasteiger charge is 1.99. The van der Waals surface area contributed by atoms with Gasteiger partial charge in [0.2, 0.25) is 0 Å². The molecule has 2 aromatic carbocycles. The van der Waals surface area contributed by atoms with Crippen LogP contribution in [0.25, 0.3) is 0 Å². The zero-order valence-electron chi connectivity index (χ0n) is 9.46. The smallest absolute Gasteiger partial charge is 0.140 e. The van der Waals surface area contributed by atoms with E-state index in [-0.39, 0.29) is 5.75 Å². The third kappa shape index (κ3) is 2.81. The molecule has 0 bridgehead atoms. The van der Waals surface area contributed by atoms with Crippen molar-refractivity contribution in [2.45, 2.75) is 0 Å². The van der Waals surface area contributed by atoms with Crippen molar-refractivity contribution in [3.05, 3.63) is 48.5 Å². The fourth-order valence-electron chi connectivity index (χ4n) is 1.40. The molecule has 0 radical (unpaired) electrons. The molecule has 0 aliphatic carbocycles. The number of nitrogens with zero attached hydrogens (tertiary/aromatic N) is 2. The maximum atomic E-state index is 9.62. The van der Waals surface area contributed by atoms with E-state index in [1.54, 1.807) is 25.2 Å². The first-order valence-corrected chi connectivity index (χ1v) is 5.27. The van der Waals surface area contributed by atoms with Crippen molar-refractivity contribution in [3.63, 3.8) is 0 Å². The molecule has 4 nitrogen and oxygen atoms in total. The van der Waals surface area contributed by atoms with Crippen LogP contribution in [0, 0.1) is 0 Å². The number of benzene rings is 2. The van der Waals surface area contributed by atoms with Gasteiger partial charge in [-0.3, -0.25) is 0 Å². The van der Waals surface area contributed by atoms with Gasteiger partial charge < -0.3 is 10.4 Å². The van der Waals surface area contributed by atoms with E-state index in [4.69, 9.17) is 0 Å². The minimum atomic E-state index is 0.164. The zero-order valence-corrected chi connectivity index (χ0v) is 9.46. The number of anilines is 1. The van der Waals surface area contributed by atoms with Crippen LogP contribution in [0.5, 0.6) is 5.75 Å². The fourth-order valence-corrected chi connectivity index (χ4v) is 1.40. The van der Waals surface area contributed by atoms with Gasteiger partial charge >= 0.3 is 0 Å². The summed E-state index contributed by atoms with van der Waals surface area (Å²) in [5.74, 6) is 0.164. The van der Waals surface area contributed by atoms with Gasteiger partial charge in [-0.05, 0) is 24.3 Å². The Morgan fingerprint density at radius 1 is 0.941 bits per heavy atom. The molecular formula is C13H13N3O. The molecule has 0 saturated heterocycles. The van der Waals surface area contributed by atoms with Crippen LogP contribution in [0.3, 0.4) is 0 Å². The molecule has 17 heavy (non-hydrogen) atoms. The topological polar surface area (TPSA) is 57.0 Å². The van der Waals surface area contributed by atoms with Crippen molar-refractivity contribution in [2.75, 3.05) is 12.4 Å². The Morgan fingerprint density at radius 3 is 2.29 bits per heavy atom. The van der Waals surface area contributed by atoms with Crippen LogP contribution in [0.1, 0.15) is 0 Å². The summed E-state index contributed by atoms with van der Waals surface area (Å²) < 4.78 is 0. The van der Waals surface area contributed by atoms with Gasteiger partial charge in [-0.25, -0.2) is 0 Å². The van der Waals surface area contributed by atoms with E-state index >= 15 is 0 Å². The number of rotatable bonds is 3. The molecule has 0 aliphatic rings. The average Bonchev–Trinajstić information content (AvgIpc) is 2.38. The summed E-state index contributed by atoms with van der Waals surface area (Å²) in [7, 11) is 1.75. The Bertz CT molecular complexity index is 523. The quantitative estimate of drug-likeness (QED) is 0.618. The summed E-state index contributed by atoms with van der Waals surface area (Å²) in [5.41, 5.74) is 2.07. The molecule has 0 heterocycles. The molecular weight excluding hydrogens is 214 g/mol. The maximum Gasteiger partial charge on any atom is 0.140 e. The Kier molecular flexibility index (Phi) is 3.35. The summed E-state index contributed by atoms with van der Waals surface area (Å²) in [4.78, 5) is 0. The Morgan fingerprint density at radius 2 is 1.65 bits per heavy atom. The lowest BCUT2D eigenvalue weighted by molar-refractivity contribution is 0.477. The number of nitrogens with one attached hydrogen (secondary N) is 1. The van der Waals surface area contributed by atoms with Crippen LogP contribution in [0.2, 0.25) is 0 Å². The number of phenols is 1. The highest BCUT2D eigenvalue weighted by molar-refractivity contribution is 5.61. The van der Waals surface area contributed by atoms with Crippen molar-refractivity contribution in [2.24, 2.45) is 10.2 Å². The largest absolute Gasteiger partial charge is 0.506 e. The van der Waals surface area contributed by atoms with Gasteiger partial charge in [-0.15, -0.1) is 0 Å².